The van der Waals surface area contributed by atoms with Gasteiger partial charge in [-0.25, -0.2) is 4.98 Å². The first-order chi connectivity index (χ1) is 8.04. The lowest BCUT2D eigenvalue weighted by Gasteiger charge is -2.18. The summed E-state index contributed by atoms with van der Waals surface area (Å²) in [6.45, 7) is 4.64. The summed E-state index contributed by atoms with van der Waals surface area (Å²) in [6.07, 6.45) is 1.68. The monoisotopic (exact) mass is 294 g/mol. The van der Waals surface area contributed by atoms with Gasteiger partial charge in [0.1, 0.15) is 6.26 Å². The molecule has 0 aliphatic rings. The number of nitrogens with two attached hydrogens (primary N) is 1. The Bertz CT molecular complexity index is 520. The van der Waals surface area contributed by atoms with Crippen LogP contribution in [0.1, 0.15) is 19.5 Å². The predicted molar refractivity (Wildman–Crippen MR) is 71.7 cm³/mol. The molecule has 4 heteroatoms. The van der Waals surface area contributed by atoms with Gasteiger partial charge in [0.05, 0.1) is 11.3 Å². The molecule has 1 aromatic heterocycles. The van der Waals surface area contributed by atoms with E-state index >= 15 is 0 Å². The van der Waals surface area contributed by atoms with E-state index in [2.05, 4.69) is 34.8 Å². The van der Waals surface area contributed by atoms with Gasteiger partial charge in [-0.1, -0.05) is 26.0 Å². The highest BCUT2D eigenvalue weighted by Gasteiger charge is 2.23. The van der Waals surface area contributed by atoms with Crippen LogP contribution in [0.15, 0.2) is 39.4 Å². The number of hydrogen-bond acceptors (Lipinski definition) is 3. The molecule has 0 atom stereocenters. The van der Waals surface area contributed by atoms with E-state index in [0.29, 0.717) is 12.4 Å². The zero-order chi connectivity index (χ0) is 12.5. The van der Waals surface area contributed by atoms with E-state index in [1.54, 1.807) is 6.26 Å². The van der Waals surface area contributed by atoms with Gasteiger partial charge in [-0.15, -0.1) is 0 Å². The summed E-state index contributed by atoms with van der Waals surface area (Å²) in [5, 5.41) is 0. The molecule has 17 heavy (non-hydrogen) atoms. The molecule has 1 aromatic carbocycles. The molecular formula is C13H15BrN2O. The van der Waals surface area contributed by atoms with Crippen molar-refractivity contribution >= 4 is 15.9 Å². The van der Waals surface area contributed by atoms with Crippen molar-refractivity contribution < 1.29 is 4.42 Å². The maximum atomic E-state index is 5.73. The summed E-state index contributed by atoms with van der Waals surface area (Å²) >= 11 is 3.49. The van der Waals surface area contributed by atoms with Gasteiger partial charge in [-0.3, -0.25) is 0 Å². The lowest BCUT2D eigenvalue weighted by atomic mass is 9.90. The van der Waals surface area contributed by atoms with Gasteiger partial charge >= 0.3 is 0 Å². The molecule has 0 aliphatic heterocycles. The number of benzene rings is 1. The second-order valence-electron chi connectivity index (χ2n) is 4.61. The predicted octanol–water partition coefficient (Wildman–Crippen LogP) is 3.34. The highest BCUT2D eigenvalue weighted by atomic mass is 79.9. The quantitative estimate of drug-likeness (QED) is 0.944. The van der Waals surface area contributed by atoms with Crippen molar-refractivity contribution in [1.29, 1.82) is 0 Å². The van der Waals surface area contributed by atoms with Crippen LogP contribution in [0.2, 0.25) is 0 Å². The fourth-order valence-corrected chi connectivity index (χ4v) is 1.90. The Morgan fingerprint density at radius 2 is 2.06 bits per heavy atom. The maximum absolute atomic E-state index is 5.73. The first-order valence-corrected chi connectivity index (χ1v) is 6.25. The Kier molecular flexibility index (Phi) is 3.35. The van der Waals surface area contributed by atoms with Crippen LogP contribution in [0.3, 0.4) is 0 Å². The third kappa shape index (κ3) is 2.42. The Labute approximate surface area is 109 Å². The van der Waals surface area contributed by atoms with Crippen LogP contribution >= 0.6 is 15.9 Å². The third-order valence-corrected chi connectivity index (χ3v) is 3.50. The van der Waals surface area contributed by atoms with Crippen LogP contribution in [0.25, 0.3) is 11.5 Å². The van der Waals surface area contributed by atoms with E-state index in [0.717, 1.165) is 15.7 Å². The Hall–Kier alpha value is -1.13. The Morgan fingerprint density at radius 3 is 2.71 bits per heavy atom. The molecule has 2 rings (SSSR count). The van der Waals surface area contributed by atoms with Gasteiger partial charge in [0.15, 0.2) is 0 Å². The minimum absolute atomic E-state index is 0.164. The SMILES string of the molecule is CC(C)(CN)c1coc(-c2ccccc2Br)n1. The van der Waals surface area contributed by atoms with E-state index in [4.69, 9.17) is 10.2 Å². The van der Waals surface area contributed by atoms with Gasteiger partial charge in [0, 0.05) is 16.4 Å². The van der Waals surface area contributed by atoms with Crippen LogP contribution in [-0.2, 0) is 5.41 Å². The van der Waals surface area contributed by atoms with E-state index in [9.17, 15) is 0 Å². The van der Waals surface area contributed by atoms with Gasteiger partial charge in [0.25, 0.3) is 0 Å². The van der Waals surface area contributed by atoms with Crippen LogP contribution in [0.5, 0.6) is 0 Å². The zero-order valence-electron chi connectivity index (χ0n) is 9.90. The van der Waals surface area contributed by atoms with E-state index in [1.165, 1.54) is 0 Å². The van der Waals surface area contributed by atoms with Crippen molar-refractivity contribution in [2.45, 2.75) is 19.3 Å². The molecule has 0 radical (unpaired) electrons. The maximum Gasteiger partial charge on any atom is 0.227 e. The first kappa shape index (κ1) is 12.3. The largest absolute Gasteiger partial charge is 0.444 e. The number of nitrogens with zero attached hydrogens (tertiary/aromatic N) is 1. The van der Waals surface area contributed by atoms with Crippen molar-refractivity contribution in [2.24, 2.45) is 5.73 Å². The molecule has 90 valence electrons. The number of halogens is 1. The van der Waals surface area contributed by atoms with Crippen LogP contribution in [0, 0.1) is 0 Å². The summed E-state index contributed by atoms with van der Waals surface area (Å²) in [5.74, 6) is 0.619. The minimum Gasteiger partial charge on any atom is -0.444 e. The molecule has 0 aliphatic carbocycles. The Morgan fingerprint density at radius 1 is 1.35 bits per heavy atom. The van der Waals surface area contributed by atoms with Crippen molar-refractivity contribution in [2.75, 3.05) is 6.54 Å². The molecule has 2 N–H and O–H groups in total. The zero-order valence-corrected chi connectivity index (χ0v) is 11.5. The lowest BCUT2D eigenvalue weighted by Crippen LogP contribution is -2.28. The minimum atomic E-state index is -0.164. The molecule has 0 saturated carbocycles. The highest BCUT2D eigenvalue weighted by Crippen LogP contribution is 2.30. The number of hydrogen-bond donors (Lipinski definition) is 1. The molecule has 0 amide bonds. The van der Waals surface area contributed by atoms with Crippen molar-refractivity contribution in [3.05, 3.63) is 40.7 Å². The molecule has 0 unspecified atom stereocenters. The number of aromatic nitrogens is 1. The standard InChI is InChI=1S/C13H15BrN2O/c1-13(2,8-15)11-7-17-12(16-11)9-5-3-4-6-10(9)14/h3-7H,8,15H2,1-2H3. The van der Waals surface area contributed by atoms with Crippen molar-refractivity contribution in [1.82, 2.24) is 4.98 Å². The summed E-state index contributed by atoms with van der Waals surface area (Å²) in [4.78, 5) is 4.51. The molecule has 1 heterocycles. The summed E-state index contributed by atoms with van der Waals surface area (Å²) in [7, 11) is 0. The van der Waals surface area contributed by atoms with Crippen molar-refractivity contribution in [3.63, 3.8) is 0 Å². The average molecular weight is 295 g/mol. The molecule has 0 saturated heterocycles. The smallest absolute Gasteiger partial charge is 0.227 e. The van der Waals surface area contributed by atoms with Crippen LogP contribution < -0.4 is 5.73 Å². The van der Waals surface area contributed by atoms with Gasteiger partial charge < -0.3 is 10.2 Å². The second kappa shape index (κ2) is 4.63. The molecule has 0 spiro atoms. The lowest BCUT2D eigenvalue weighted by molar-refractivity contribution is 0.512. The third-order valence-electron chi connectivity index (χ3n) is 2.81. The normalized spacial score (nSPS) is 11.8. The molecule has 3 nitrogen and oxygen atoms in total. The fourth-order valence-electron chi connectivity index (χ4n) is 1.45. The number of oxazole rings is 1. The molecule has 2 aromatic rings. The fraction of sp³-hybridized carbons (Fsp3) is 0.308. The average Bonchev–Trinajstić information content (AvgIpc) is 2.79. The van der Waals surface area contributed by atoms with Crippen LogP contribution in [-0.4, -0.2) is 11.5 Å². The van der Waals surface area contributed by atoms with E-state index < -0.39 is 0 Å². The van der Waals surface area contributed by atoms with E-state index in [1.807, 2.05) is 24.3 Å². The Balaban J connectivity index is 2.40. The molecule has 0 fully saturated rings. The summed E-state index contributed by atoms with van der Waals surface area (Å²) in [5.41, 5.74) is 7.39. The summed E-state index contributed by atoms with van der Waals surface area (Å²) < 4.78 is 6.49. The summed E-state index contributed by atoms with van der Waals surface area (Å²) in [6, 6.07) is 7.85. The van der Waals surface area contributed by atoms with Gasteiger partial charge in [-0.2, -0.15) is 0 Å². The van der Waals surface area contributed by atoms with Gasteiger partial charge in [0.2, 0.25) is 5.89 Å². The molecular weight excluding hydrogens is 280 g/mol. The molecule has 0 bridgehead atoms. The second-order valence-corrected chi connectivity index (χ2v) is 5.46. The van der Waals surface area contributed by atoms with Crippen LogP contribution in [0.4, 0.5) is 0 Å². The van der Waals surface area contributed by atoms with Crippen molar-refractivity contribution in [3.8, 4) is 11.5 Å². The highest BCUT2D eigenvalue weighted by molar-refractivity contribution is 9.10. The van der Waals surface area contributed by atoms with E-state index in [-0.39, 0.29) is 5.41 Å². The topological polar surface area (TPSA) is 52.0 Å². The van der Waals surface area contributed by atoms with Gasteiger partial charge in [-0.05, 0) is 28.1 Å². The number of rotatable bonds is 3. The first-order valence-electron chi connectivity index (χ1n) is 5.45.